The summed E-state index contributed by atoms with van der Waals surface area (Å²) in [5.74, 6) is -0.210. The maximum absolute atomic E-state index is 12.8. The average molecular weight is 651 g/mol. The molecule has 0 saturated carbocycles. The molecule has 9 heteroatoms. The summed E-state index contributed by atoms with van der Waals surface area (Å²) in [5.41, 5.74) is 0.765. The van der Waals surface area contributed by atoms with E-state index in [2.05, 4.69) is 50.1 Å². The molecule has 2 heterocycles. The molecule has 2 aromatic rings. The van der Waals surface area contributed by atoms with Crippen LogP contribution in [-0.2, 0) is 17.8 Å². The first-order valence-corrected chi connectivity index (χ1v) is 12.3. The van der Waals surface area contributed by atoms with Crippen LogP contribution in [0.15, 0.2) is 35.3 Å². The van der Waals surface area contributed by atoms with E-state index >= 15 is 0 Å². The number of ether oxygens (including phenoxy) is 1. The number of rotatable bonds is 4. The van der Waals surface area contributed by atoms with Gasteiger partial charge in [-0.15, -0.1) is 0 Å². The fourth-order valence-corrected chi connectivity index (χ4v) is 5.22. The number of hydrogen-bond acceptors (Lipinski definition) is 5. The van der Waals surface area contributed by atoms with Crippen LogP contribution in [0, 0.1) is 7.14 Å². The van der Waals surface area contributed by atoms with E-state index in [-0.39, 0.29) is 17.4 Å². The van der Waals surface area contributed by atoms with E-state index in [4.69, 9.17) is 4.74 Å². The number of amides is 1. The molecule has 1 aromatic carbocycles. The zero-order valence-electron chi connectivity index (χ0n) is 17.9. The van der Waals surface area contributed by atoms with Crippen LogP contribution in [0.2, 0.25) is 0 Å². The van der Waals surface area contributed by atoms with Gasteiger partial charge in [-0.1, -0.05) is 6.07 Å². The highest BCUT2D eigenvalue weighted by Gasteiger charge is 2.26. The predicted octanol–water partition coefficient (Wildman–Crippen LogP) is 3.86. The highest BCUT2D eigenvalue weighted by atomic mass is 127. The number of hydrogen-bond donors (Lipinski definition) is 1. The lowest BCUT2D eigenvalue weighted by Gasteiger charge is -2.35. The number of pyridine rings is 1. The van der Waals surface area contributed by atoms with Crippen molar-refractivity contribution in [2.24, 2.45) is 0 Å². The van der Waals surface area contributed by atoms with E-state index in [0.717, 1.165) is 12.7 Å². The summed E-state index contributed by atoms with van der Waals surface area (Å²) in [7, 11) is 0. The van der Waals surface area contributed by atoms with E-state index in [0.29, 0.717) is 44.8 Å². The van der Waals surface area contributed by atoms with Gasteiger partial charge in [0.05, 0.1) is 6.54 Å². The summed E-state index contributed by atoms with van der Waals surface area (Å²) >= 11 is 4.53. The number of piperazine rings is 1. The number of benzene rings is 1. The van der Waals surface area contributed by atoms with Crippen molar-refractivity contribution >= 4 is 51.3 Å². The first-order chi connectivity index (χ1) is 14.5. The van der Waals surface area contributed by atoms with Gasteiger partial charge in [-0.3, -0.25) is 9.69 Å². The monoisotopic (exact) mass is 651 g/mol. The Morgan fingerprint density at radius 1 is 1.06 bits per heavy atom. The summed E-state index contributed by atoms with van der Waals surface area (Å²) in [5, 5.41) is 10.5. The SMILES string of the molecule is CC(C)(C)OC(=O)N1CCN(Cc2ccn(Cc3c(I)cccc3I)c(=O)c2O)CC1. The number of carbonyl (C=O) groups is 1. The molecule has 0 spiro atoms. The van der Waals surface area contributed by atoms with Gasteiger partial charge in [-0.2, -0.15) is 0 Å². The minimum absolute atomic E-state index is 0.210. The fraction of sp³-hybridized carbons (Fsp3) is 0.455. The Morgan fingerprint density at radius 2 is 1.68 bits per heavy atom. The molecular weight excluding hydrogens is 624 g/mol. The normalized spacial score (nSPS) is 15.2. The van der Waals surface area contributed by atoms with Crippen molar-refractivity contribution in [3.8, 4) is 5.75 Å². The Kier molecular flexibility index (Phi) is 7.90. The zero-order chi connectivity index (χ0) is 22.8. The summed E-state index contributed by atoms with van der Waals surface area (Å²) in [4.78, 5) is 28.8. The largest absolute Gasteiger partial charge is 0.503 e. The number of carbonyl (C=O) groups excluding carboxylic acids is 1. The van der Waals surface area contributed by atoms with Crippen LogP contribution in [0.25, 0.3) is 0 Å². The lowest BCUT2D eigenvalue weighted by Crippen LogP contribution is -2.49. The van der Waals surface area contributed by atoms with E-state index < -0.39 is 5.60 Å². The minimum atomic E-state index is -0.514. The second kappa shape index (κ2) is 10.1. The molecule has 0 bridgehead atoms. The highest BCUT2D eigenvalue weighted by molar-refractivity contribution is 14.1. The molecule has 0 radical (unpaired) electrons. The molecule has 31 heavy (non-hydrogen) atoms. The van der Waals surface area contributed by atoms with Gasteiger partial charge in [0.1, 0.15) is 5.60 Å². The Morgan fingerprint density at radius 3 is 2.26 bits per heavy atom. The van der Waals surface area contributed by atoms with Crippen molar-refractivity contribution in [1.82, 2.24) is 14.4 Å². The second-order valence-electron chi connectivity index (χ2n) is 8.57. The van der Waals surface area contributed by atoms with Crippen LogP contribution >= 0.6 is 45.2 Å². The van der Waals surface area contributed by atoms with Crippen LogP contribution in [0.1, 0.15) is 31.9 Å². The van der Waals surface area contributed by atoms with Crippen LogP contribution in [0.5, 0.6) is 5.75 Å². The summed E-state index contributed by atoms with van der Waals surface area (Å²) in [6.45, 7) is 8.85. The molecule has 1 amide bonds. The molecular formula is C22H27I2N3O4. The molecule has 1 fully saturated rings. The fourth-order valence-electron chi connectivity index (χ4n) is 3.36. The van der Waals surface area contributed by atoms with Gasteiger partial charge in [0.25, 0.3) is 5.56 Å². The standard InChI is InChI=1S/C22H27I2N3O4/c1-22(2,3)31-21(30)26-11-9-25(10-12-26)13-15-7-8-27(20(29)19(15)28)14-16-17(23)5-4-6-18(16)24/h4-8,28H,9-14H2,1-3H3. The molecule has 168 valence electrons. The van der Waals surface area contributed by atoms with Crippen LogP contribution in [-0.4, -0.2) is 57.3 Å². The van der Waals surface area contributed by atoms with E-state index in [1.165, 1.54) is 0 Å². The maximum Gasteiger partial charge on any atom is 0.410 e. The molecule has 1 N–H and O–H groups in total. The molecule has 3 rings (SSSR count). The van der Waals surface area contributed by atoms with Crippen LogP contribution in [0.4, 0.5) is 4.79 Å². The van der Waals surface area contributed by atoms with Gasteiger partial charge in [-0.05, 0) is 89.7 Å². The minimum Gasteiger partial charge on any atom is -0.503 e. The smallest absolute Gasteiger partial charge is 0.410 e. The van der Waals surface area contributed by atoms with Gasteiger partial charge in [-0.25, -0.2) is 4.79 Å². The van der Waals surface area contributed by atoms with Crippen molar-refractivity contribution in [3.05, 3.63) is 59.1 Å². The predicted molar refractivity (Wildman–Crippen MR) is 136 cm³/mol. The Hall–Kier alpha value is -1.34. The second-order valence-corrected chi connectivity index (χ2v) is 10.9. The number of halogens is 2. The molecule has 0 atom stereocenters. The Bertz CT molecular complexity index is 989. The summed E-state index contributed by atoms with van der Waals surface area (Å²) in [6, 6.07) is 7.81. The van der Waals surface area contributed by atoms with Gasteiger partial charge in [0, 0.05) is 51.6 Å². The third-order valence-corrected chi connectivity index (χ3v) is 7.05. The molecule has 0 aliphatic carbocycles. The first-order valence-electron chi connectivity index (χ1n) is 10.1. The van der Waals surface area contributed by atoms with Crippen LogP contribution < -0.4 is 5.56 Å². The summed E-state index contributed by atoms with van der Waals surface area (Å²) in [6.07, 6.45) is 1.44. The number of aromatic nitrogens is 1. The van der Waals surface area contributed by atoms with Crippen molar-refractivity contribution < 1.29 is 14.6 Å². The molecule has 1 aliphatic rings. The molecule has 1 saturated heterocycles. The highest BCUT2D eigenvalue weighted by Crippen LogP contribution is 2.21. The van der Waals surface area contributed by atoms with E-state index in [1.54, 1.807) is 21.7 Å². The summed E-state index contributed by atoms with van der Waals surface area (Å²) < 4.78 is 9.14. The van der Waals surface area contributed by atoms with Gasteiger partial charge in [0.15, 0.2) is 5.75 Å². The lowest BCUT2D eigenvalue weighted by atomic mass is 10.2. The molecule has 0 unspecified atom stereocenters. The molecule has 7 nitrogen and oxygen atoms in total. The third kappa shape index (κ3) is 6.35. The topological polar surface area (TPSA) is 75.0 Å². The van der Waals surface area contributed by atoms with Crippen molar-refractivity contribution in [2.75, 3.05) is 26.2 Å². The average Bonchev–Trinajstić information content (AvgIpc) is 2.69. The Balaban J connectivity index is 1.64. The van der Waals surface area contributed by atoms with E-state index in [1.807, 2.05) is 39.0 Å². The van der Waals surface area contributed by atoms with Gasteiger partial charge >= 0.3 is 6.09 Å². The van der Waals surface area contributed by atoms with E-state index in [9.17, 15) is 14.7 Å². The number of nitrogens with zero attached hydrogens (tertiary/aromatic N) is 3. The van der Waals surface area contributed by atoms with Crippen molar-refractivity contribution in [2.45, 2.75) is 39.5 Å². The number of aromatic hydroxyl groups is 1. The Labute approximate surface area is 209 Å². The lowest BCUT2D eigenvalue weighted by molar-refractivity contribution is 0.0138. The van der Waals surface area contributed by atoms with Crippen molar-refractivity contribution in [1.29, 1.82) is 0 Å². The van der Waals surface area contributed by atoms with Crippen LogP contribution in [0.3, 0.4) is 0 Å². The van der Waals surface area contributed by atoms with Gasteiger partial charge in [0.2, 0.25) is 0 Å². The molecule has 1 aromatic heterocycles. The molecule has 1 aliphatic heterocycles. The first kappa shape index (κ1) is 24.3. The van der Waals surface area contributed by atoms with Crippen molar-refractivity contribution in [3.63, 3.8) is 0 Å². The quantitative estimate of drug-likeness (QED) is 0.509. The third-order valence-electron chi connectivity index (χ3n) is 5.03. The maximum atomic E-state index is 12.8. The zero-order valence-corrected chi connectivity index (χ0v) is 22.2. The van der Waals surface area contributed by atoms with Gasteiger partial charge < -0.3 is 19.3 Å².